The molecule has 0 spiro atoms. The number of methoxy groups -OCH3 is 1. The molecule has 2 aliphatic heterocycles. The molecule has 11 rings (SSSR count). The molecular weight excluding hydrogens is 1460 g/mol. The molecule has 2 aliphatic rings. The van der Waals surface area contributed by atoms with Crippen molar-refractivity contribution < 1.29 is 64.9 Å². The number of carbonyl (C=O) groups excluding carboxylic acids is 5. The Balaban J connectivity index is 0.000000332. The molecule has 0 saturated carbocycles. The van der Waals surface area contributed by atoms with Gasteiger partial charge in [-0.1, -0.05) is 138 Å². The summed E-state index contributed by atoms with van der Waals surface area (Å²) in [5, 5.41) is 22.5. The minimum Gasteiger partial charge on any atom is -0.507 e. The van der Waals surface area contributed by atoms with Crippen molar-refractivity contribution in [2.75, 3.05) is 103 Å². The van der Waals surface area contributed by atoms with E-state index < -0.39 is 27.8 Å². The quantitative estimate of drug-likeness (QED) is 0.0529. The number of phenolic OH excluding ortho intramolecular Hbond substituents is 1. The second-order valence-electron chi connectivity index (χ2n) is 27.0. The highest BCUT2D eigenvalue weighted by molar-refractivity contribution is 7.92. The number of morpholine rings is 2. The number of fused-ring (bicyclic) bond motifs is 1. The molecule has 6 aromatic carbocycles. The number of nitrogens with zero attached hydrogens (tertiary/aromatic N) is 9. The SMILES string of the molecule is CC(=O)CN=Cc1cc(C(C)(C)C)c(O)c(C(C)(C)C)c1.CC(=O)CN=Cc1ccc(C)cc1.CC(=O)N1CCOCC1.CC(=O)c1ccccc1.CN1CCOCC1.CNC(=O)Nc1cccc(C(F)(F)F)c1.COc1ccc(/C=C/c2ccnc(NS(C)(=O)=O)n2)cc1.Cc1nc2ccccc2s1.Cc1ncn[nH]1. The number of aromatic hydroxyl groups is 1. The number of urea groups is 1. The number of alkyl halides is 3. The average Bonchev–Trinajstić information content (AvgIpc) is 1.44. The third kappa shape index (κ3) is 41.1. The molecule has 0 aliphatic carbocycles. The van der Waals surface area contributed by atoms with E-state index in [-0.39, 0.29) is 58.8 Å². The van der Waals surface area contributed by atoms with Crippen LogP contribution in [0.4, 0.5) is 29.6 Å². The van der Waals surface area contributed by atoms with Gasteiger partial charge in [-0.3, -0.25) is 39.0 Å². The number of likely N-dealkylation sites (N-methyl/N-ethyl adjacent to an activating group) is 1. The number of aromatic amines is 1. The summed E-state index contributed by atoms with van der Waals surface area (Å²) in [5.74, 6) is 2.45. The lowest BCUT2D eigenvalue weighted by molar-refractivity contribution is -0.137. The van der Waals surface area contributed by atoms with Crippen molar-refractivity contribution in [3.63, 3.8) is 0 Å². The van der Waals surface area contributed by atoms with Gasteiger partial charge >= 0.3 is 12.2 Å². The number of halogens is 3. The van der Waals surface area contributed by atoms with E-state index in [0.29, 0.717) is 24.7 Å². The number of aliphatic imine (C=N–C) groups is 2. The van der Waals surface area contributed by atoms with Gasteiger partial charge in [0.15, 0.2) is 17.3 Å². The highest BCUT2D eigenvalue weighted by Gasteiger charge is 2.31. The highest BCUT2D eigenvalue weighted by atomic mass is 32.2. The van der Waals surface area contributed by atoms with Gasteiger partial charge in [-0.2, -0.15) is 18.3 Å². The van der Waals surface area contributed by atoms with Gasteiger partial charge in [0, 0.05) is 81.2 Å². The Kier molecular flexibility index (Phi) is 41.5. The number of H-pyrrole nitrogens is 1. The third-order valence-corrected chi connectivity index (χ3v) is 16.4. The van der Waals surface area contributed by atoms with Gasteiger partial charge in [-0.15, -0.1) is 11.3 Å². The molecule has 29 heteroatoms. The van der Waals surface area contributed by atoms with Gasteiger partial charge in [0.05, 0.1) is 79.4 Å². The number of phenols is 1. The van der Waals surface area contributed by atoms with Gasteiger partial charge in [0.2, 0.25) is 21.9 Å². The van der Waals surface area contributed by atoms with Gasteiger partial charge in [0.25, 0.3) is 0 Å². The van der Waals surface area contributed by atoms with Gasteiger partial charge in [0.1, 0.15) is 23.7 Å². The van der Waals surface area contributed by atoms with Crippen LogP contribution in [0.1, 0.15) is 135 Å². The van der Waals surface area contributed by atoms with Crippen LogP contribution in [0, 0.1) is 20.8 Å². The van der Waals surface area contributed by atoms with Crippen LogP contribution in [0.15, 0.2) is 168 Å². The summed E-state index contributed by atoms with van der Waals surface area (Å²) >= 11 is 1.74. The number of ketones is 3. The van der Waals surface area contributed by atoms with E-state index in [1.54, 1.807) is 61.8 Å². The first-order valence-electron chi connectivity index (χ1n) is 35.3. The molecule has 0 atom stereocenters. The first-order chi connectivity index (χ1) is 52.3. The van der Waals surface area contributed by atoms with Crippen molar-refractivity contribution in [1.82, 2.24) is 45.2 Å². The van der Waals surface area contributed by atoms with Crippen molar-refractivity contribution in [1.29, 1.82) is 0 Å². The zero-order chi connectivity index (χ0) is 82.7. The Morgan fingerprint density at radius 1 is 0.676 bits per heavy atom. The van der Waals surface area contributed by atoms with E-state index in [1.165, 1.54) is 55.8 Å². The summed E-state index contributed by atoms with van der Waals surface area (Å²) in [6, 6.07) is 42.4. The number of Topliss-reactive ketones (excluding diaryl/α,β-unsaturated/α-hetero) is 3. The van der Waals surface area contributed by atoms with E-state index in [9.17, 15) is 50.7 Å². The molecule has 24 nitrogen and oxygen atoms in total. The largest absolute Gasteiger partial charge is 0.507 e. The van der Waals surface area contributed by atoms with E-state index in [1.807, 2.05) is 136 Å². The van der Waals surface area contributed by atoms with Crippen LogP contribution in [0.5, 0.6) is 11.5 Å². The van der Waals surface area contributed by atoms with Crippen LogP contribution in [-0.4, -0.2) is 188 Å². The Hall–Kier alpha value is -10.7. The minimum absolute atomic E-state index is 0.0390. The summed E-state index contributed by atoms with van der Waals surface area (Å²) in [5.41, 5.74) is 7.45. The lowest BCUT2D eigenvalue weighted by atomic mass is 9.78. The lowest BCUT2D eigenvalue weighted by Gasteiger charge is -2.27. The number of rotatable bonds is 13. The number of carbonyl (C=O) groups is 5. The molecule has 3 amide bonds. The number of sulfonamides is 1. The average molecular weight is 1570 g/mol. The topological polar surface area (TPSA) is 315 Å². The number of hydrogen-bond acceptors (Lipinski definition) is 20. The molecule has 2 saturated heterocycles. The summed E-state index contributed by atoms with van der Waals surface area (Å²) in [7, 11) is 1.72. The van der Waals surface area contributed by atoms with Crippen LogP contribution < -0.4 is 20.1 Å². The van der Waals surface area contributed by atoms with Gasteiger partial charge in [-0.05, 0) is 143 Å². The molecular formula is C82H106F3N13O11S2. The van der Waals surface area contributed by atoms with E-state index in [0.717, 1.165) is 113 Å². The number of aromatic nitrogens is 6. The van der Waals surface area contributed by atoms with Crippen molar-refractivity contribution >= 4 is 97.1 Å². The van der Waals surface area contributed by atoms with Gasteiger partial charge in [-0.25, -0.2) is 33.1 Å². The fraction of sp³-hybridized carbons (Fsp3) is 0.366. The smallest absolute Gasteiger partial charge is 0.416 e. The number of amides is 3. The number of nitrogens with one attached hydrogen (secondary N) is 4. The van der Waals surface area contributed by atoms with E-state index in [2.05, 4.69) is 115 Å². The number of anilines is 2. The lowest BCUT2D eigenvalue weighted by Crippen LogP contribution is -2.39. The minimum atomic E-state index is -4.40. The molecule has 0 radical (unpaired) electrons. The summed E-state index contributed by atoms with van der Waals surface area (Å²) in [4.78, 5) is 82.0. The van der Waals surface area contributed by atoms with E-state index >= 15 is 0 Å². The molecule has 0 bridgehead atoms. The van der Waals surface area contributed by atoms with Crippen LogP contribution in [0.2, 0.25) is 0 Å². The fourth-order valence-corrected chi connectivity index (χ4v) is 10.3. The normalized spacial score (nSPS) is 12.7. The first-order valence-corrected chi connectivity index (χ1v) is 38.0. The molecule has 598 valence electrons. The predicted molar refractivity (Wildman–Crippen MR) is 438 cm³/mol. The second-order valence-corrected chi connectivity index (χ2v) is 30.0. The molecule has 3 aromatic heterocycles. The molecule has 2 fully saturated rings. The van der Waals surface area contributed by atoms with Crippen LogP contribution in [-0.2, 0) is 50.9 Å². The number of hydrogen-bond donors (Lipinski definition) is 5. The second kappa shape index (κ2) is 48.7. The summed E-state index contributed by atoms with van der Waals surface area (Å²) in [6.07, 6.45) is 6.70. The fourth-order valence-electron chi connectivity index (χ4n) is 9.09. The molecule has 111 heavy (non-hydrogen) atoms. The van der Waals surface area contributed by atoms with Crippen molar-refractivity contribution in [2.24, 2.45) is 9.98 Å². The zero-order valence-electron chi connectivity index (χ0n) is 66.4. The number of ether oxygens (including phenoxy) is 3. The first kappa shape index (κ1) is 94.5. The standard InChI is InChI=1S/C18H27NO2.C14H15N3O3S.C11H13NO.C9H9F3N2O.C8H7NS.C8H8O.C6H11NO2.C5H11NO.C3H5N3/c1-12(20)10-19-11-13-8-14(17(2,3)4)16(21)15(9-13)18(5,6)7;1-20-13-7-4-11(5-8-13)3-6-12-9-10-15-14(16-12)17-21(2,18)19;1-9-3-5-11(6-4-9)8-12-7-10(2)13;1-13-8(15)14-7-4-2-3-6(5-7)9(10,11)12;1-6-9-7-4-2-3-5-8(7)10-6;1-7(9)8-5-3-2-4-6-8;1-6(8)7-2-4-9-5-3-7;1-6-2-4-7-5-3-6;1-3-4-2-5-6-3/h8-9,11,21H,10H2,1-7H3;3-10H,1-2H3,(H,15,16,17);3-6,8H,7H2,1-2H3;2-5H,1H3,(H2,13,14,15);2-5H,1H3;2-6H,1H3;2-5H2,1H3;2-5H2,1H3;2H,1H3,(H,4,5,6)/b;6-3+;;;;;;;. The third-order valence-electron chi connectivity index (χ3n) is 14.9. The number of thiazole rings is 1. The maximum atomic E-state index is 12.3. The molecule has 5 heterocycles. The van der Waals surface area contributed by atoms with Crippen molar-refractivity contribution in [2.45, 2.75) is 107 Å². The maximum absolute atomic E-state index is 12.3. The highest BCUT2D eigenvalue weighted by Crippen LogP contribution is 2.39. The Labute approximate surface area is 654 Å². The van der Waals surface area contributed by atoms with Crippen molar-refractivity contribution in [3.05, 3.63) is 219 Å². The Morgan fingerprint density at radius 3 is 1.67 bits per heavy atom. The number of para-hydroxylation sites is 1. The molecule has 0 unspecified atom stereocenters. The summed E-state index contributed by atoms with van der Waals surface area (Å²) < 4.78 is 77.8. The van der Waals surface area contributed by atoms with Crippen LogP contribution in [0.3, 0.4) is 0 Å². The Morgan fingerprint density at radius 2 is 1.23 bits per heavy atom. The molecule has 5 N–H and O–H groups in total. The van der Waals surface area contributed by atoms with Crippen LogP contribution in [0.25, 0.3) is 22.4 Å². The Bertz CT molecular complexity index is 4430. The monoisotopic (exact) mass is 1570 g/mol. The number of aryl methyl sites for hydroxylation is 3. The van der Waals surface area contributed by atoms with Gasteiger partial charge < -0.3 is 39.8 Å². The zero-order valence-corrected chi connectivity index (χ0v) is 68.0. The molecule has 9 aromatic rings. The van der Waals surface area contributed by atoms with Crippen molar-refractivity contribution in [3.8, 4) is 11.5 Å². The maximum Gasteiger partial charge on any atom is 0.416 e. The predicted octanol–water partition coefficient (Wildman–Crippen LogP) is 14.9. The van der Waals surface area contributed by atoms with Crippen LogP contribution >= 0.6 is 11.3 Å². The van der Waals surface area contributed by atoms with E-state index in [4.69, 9.17) is 14.2 Å². The number of benzene rings is 6. The summed E-state index contributed by atoms with van der Waals surface area (Å²) in [6.45, 7) is 32.0.